The number of hydrogen-bond acceptors (Lipinski definition) is 10. The third-order valence-electron chi connectivity index (χ3n) is 5.42. The molecular weight excluding hydrogens is 424 g/mol. The molecule has 0 amide bonds. The smallest absolute Gasteiger partial charge is 0.338 e. The molecule has 0 saturated carbocycles. The number of aliphatic hydroxyl groups excluding tert-OH is 2. The summed E-state index contributed by atoms with van der Waals surface area (Å²) in [6, 6.07) is 4.26. The van der Waals surface area contributed by atoms with Crippen molar-refractivity contribution in [1.29, 1.82) is 0 Å². The predicted molar refractivity (Wildman–Crippen MR) is 108 cm³/mol. The number of phenolic OH excluding ortho intramolecular Hbond substituents is 5. The number of ether oxygens (including phenoxy) is 2. The first kappa shape index (κ1) is 21.0. The van der Waals surface area contributed by atoms with Crippen LogP contribution in [0.5, 0.6) is 34.5 Å². The van der Waals surface area contributed by atoms with Crippen molar-refractivity contribution in [1.82, 2.24) is 0 Å². The van der Waals surface area contributed by atoms with Crippen molar-refractivity contribution >= 4 is 5.97 Å². The van der Waals surface area contributed by atoms with Crippen LogP contribution in [0.4, 0.5) is 0 Å². The standard InChI is InChI=1S/C22H20O10/c23-11-6-14(25)12-8-19(32-22(30)10-4-16(27)20(29)17(28)5-10)21(31-18(12)7-11)9-1-2-13(24)15(26)3-9/h1-2,4-7,9,19,21,23-29H,3,8H2/t9?,19-,21-/m1/s1. The van der Waals surface area contributed by atoms with Gasteiger partial charge in [0.2, 0.25) is 0 Å². The molecule has 0 radical (unpaired) electrons. The first-order valence-corrected chi connectivity index (χ1v) is 9.60. The van der Waals surface area contributed by atoms with Gasteiger partial charge in [-0.3, -0.25) is 0 Å². The largest absolute Gasteiger partial charge is 0.508 e. The first-order chi connectivity index (χ1) is 15.1. The van der Waals surface area contributed by atoms with Gasteiger partial charge in [-0.05, 0) is 18.2 Å². The Kier molecular flexibility index (Phi) is 5.13. The van der Waals surface area contributed by atoms with E-state index in [0.717, 1.165) is 18.2 Å². The topological polar surface area (TPSA) is 177 Å². The zero-order valence-electron chi connectivity index (χ0n) is 16.5. The lowest BCUT2D eigenvalue weighted by molar-refractivity contribution is -0.0326. The Labute approximate surface area is 181 Å². The maximum Gasteiger partial charge on any atom is 0.338 e. The van der Waals surface area contributed by atoms with Crippen molar-refractivity contribution < 1.29 is 50.0 Å². The first-order valence-electron chi connectivity index (χ1n) is 9.60. The second-order valence-electron chi connectivity index (χ2n) is 7.59. The molecule has 0 saturated heterocycles. The van der Waals surface area contributed by atoms with Crippen LogP contribution >= 0.6 is 0 Å². The fraction of sp³-hybridized carbons (Fsp3) is 0.227. The SMILES string of the molecule is O=C(O[C@@H]1Cc2c(O)cc(O)cc2O[C@@H]1C1C=CC(O)=C(O)C1)c1cc(O)c(O)c(O)c1. The minimum Gasteiger partial charge on any atom is -0.508 e. The molecule has 2 aromatic rings. The summed E-state index contributed by atoms with van der Waals surface area (Å²) in [6.07, 6.45) is 0.977. The number of esters is 1. The van der Waals surface area contributed by atoms with Crippen LogP contribution in [0.25, 0.3) is 0 Å². The third-order valence-corrected chi connectivity index (χ3v) is 5.42. The summed E-state index contributed by atoms with van der Waals surface area (Å²) in [6.45, 7) is 0. The summed E-state index contributed by atoms with van der Waals surface area (Å²) in [7, 11) is 0. The van der Waals surface area contributed by atoms with Crippen molar-refractivity contribution in [2.45, 2.75) is 25.0 Å². The zero-order valence-corrected chi connectivity index (χ0v) is 16.5. The highest BCUT2D eigenvalue weighted by Crippen LogP contribution is 2.42. The number of aromatic hydroxyl groups is 5. The minimum absolute atomic E-state index is 0.00526. The van der Waals surface area contributed by atoms with Gasteiger partial charge in [-0.25, -0.2) is 4.79 Å². The lowest BCUT2D eigenvalue weighted by Crippen LogP contribution is -2.45. The number of allylic oxidation sites excluding steroid dienone is 2. The number of aliphatic hydroxyl groups is 2. The molecule has 1 aliphatic carbocycles. The molecule has 10 nitrogen and oxygen atoms in total. The number of benzene rings is 2. The van der Waals surface area contributed by atoms with Gasteiger partial charge in [0, 0.05) is 36.5 Å². The lowest BCUT2D eigenvalue weighted by atomic mass is 9.85. The second kappa shape index (κ2) is 7.80. The predicted octanol–water partition coefficient (Wildman–Crippen LogP) is 2.65. The maximum atomic E-state index is 12.7. The van der Waals surface area contributed by atoms with Crippen molar-refractivity contribution in [2.75, 3.05) is 0 Å². The number of rotatable bonds is 3. The number of fused-ring (bicyclic) bond motifs is 1. The summed E-state index contributed by atoms with van der Waals surface area (Å²) < 4.78 is 11.5. The van der Waals surface area contributed by atoms with Crippen LogP contribution in [-0.2, 0) is 11.2 Å². The van der Waals surface area contributed by atoms with Gasteiger partial charge < -0.3 is 45.2 Å². The highest BCUT2D eigenvalue weighted by atomic mass is 16.6. The van der Waals surface area contributed by atoms with Crippen LogP contribution < -0.4 is 4.74 Å². The molecular formula is C22H20O10. The second-order valence-corrected chi connectivity index (χ2v) is 7.59. The summed E-state index contributed by atoms with van der Waals surface area (Å²) in [5, 5.41) is 68.4. The van der Waals surface area contributed by atoms with E-state index in [9.17, 15) is 40.5 Å². The molecule has 0 aromatic heterocycles. The normalized spacial score (nSPS) is 22.2. The number of carbonyl (C=O) groups excluding carboxylic acids is 1. The number of phenols is 5. The Morgan fingerprint density at radius 2 is 1.59 bits per heavy atom. The van der Waals surface area contributed by atoms with Gasteiger partial charge in [0.1, 0.15) is 35.2 Å². The van der Waals surface area contributed by atoms with E-state index in [2.05, 4.69) is 0 Å². The molecule has 0 fully saturated rings. The van der Waals surface area contributed by atoms with E-state index < -0.39 is 41.3 Å². The van der Waals surface area contributed by atoms with Gasteiger partial charge in [-0.15, -0.1) is 0 Å². The Balaban J connectivity index is 1.67. The summed E-state index contributed by atoms with van der Waals surface area (Å²) in [5.41, 5.74) is 0.0486. The highest BCUT2D eigenvalue weighted by molar-refractivity contribution is 5.91. The van der Waals surface area contributed by atoms with Crippen LogP contribution in [0.15, 0.2) is 47.9 Å². The van der Waals surface area contributed by atoms with Crippen molar-refractivity contribution in [3.8, 4) is 34.5 Å². The summed E-state index contributed by atoms with van der Waals surface area (Å²) in [4.78, 5) is 12.7. The van der Waals surface area contributed by atoms with Crippen LogP contribution in [-0.4, -0.2) is 53.9 Å². The van der Waals surface area contributed by atoms with Gasteiger partial charge in [0.25, 0.3) is 0 Å². The van der Waals surface area contributed by atoms with Crippen molar-refractivity contribution in [2.24, 2.45) is 5.92 Å². The Bertz CT molecular complexity index is 1130. The number of hydrogen-bond donors (Lipinski definition) is 7. The molecule has 0 bridgehead atoms. The van der Waals surface area contributed by atoms with Crippen molar-refractivity contribution in [3.63, 3.8) is 0 Å². The Morgan fingerprint density at radius 3 is 2.25 bits per heavy atom. The van der Waals surface area contributed by atoms with Gasteiger partial charge in [0.05, 0.1) is 5.56 Å². The van der Waals surface area contributed by atoms with Gasteiger partial charge in [-0.1, -0.05) is 6.08 Å². The summed E-state index contributed by atoms with van der Waals surface area (Å²) in [5.74, 6) is -4.59. The van der Waals surface area contributed by atoms with Gasteiger partial charge in [-0.2, -0.15) is 0 Å². The maximum absolute atomic E-state index is 12.7. The Hall–Kier alpha value is -4.21. The fourth-order valence-electron chi connectivity index (χ4n) is 3.80. The van der Waals surface area contributed by atoms with E-state index in [1.54, 1.807) is 6.08 Å². The van der Waals surface area contributed by atoms with Crippen molar-refractivity contribution in [3.05, 3.63) is 59.1 Å². The molecule has 4 rings (SSSR count). The average molecular weight is 444 g/mol. The van der Waals surface area contributed by atoms with Crippen LogP contribution in [0.2, 0.25) is 0 Å². The van der Waals surface area contributed by atoms with Crippen LogP contribution in [0.1, 0.15) is 22.3 Å². The number of carbonyl (C=O) groups is 1. The molecule has 32 heavy (non-hydrogen) atoms. The molecule has 3 atom stereocenters. The molecule has 2 aromatic carbocycles. The molecule has 7 N–H and O–H groups in total. The Morgan fingerprint density at radius 1 is 0.906 bits per heavy atom. The molecule has 168 valence electrons. The zero-order chi connectivity index (χ0) is 23.2. The van der Waals surface area contributed by atoms with E-state index in [-0.39, 0.29) is 52.7 Å². The minimum atomic E-state index is -0.994. The van der Waals surface area contributed by atoms with Gasteiger partial charge >= 0.3 is 5.97 Å². The van der Waals surface area contributed by atoms with E-state index in [4.69, 9.17) is 9.47 Å². The molecule has 0 spiro atoms. The van der Waals surface area contributed by atoms with Crippen LogP contribution in [0.3, 0.4) is 0 Å². The fourth-order valence-corrected chi connectivity index (χ4v) is 3.80. The quantitative estimate of drug-likeness (QED) is 0.275. The van der Waals surface area contributed by atoms with Crippen LogP contribution in [0, 0.1) is 5.92 Å². The van der Waals surface area contributed by atoms with Gasteiger partial charge in [0.15, 0.2) is 23.0 Å². The summed E-state index contributed by atoms with van der Waals surface area (Å²) >= 11 is 0. The molecule has 1 heterocycles. The monoisotopic (exact) mass is 444 g/mol. The lowest BCUT2D eigenvalue weighted by Gasteiger charge is -2.37. The molecule has 10 heteroatoms. The van der Waals surface area contributed by atoms with E-state index in [1.807, 2.05) is 0 Å². The highest BCUT2D eigenvalue weighted by Gasteiger charge is 2.40. The molecule has 2 aliphatic rings. The average Bonchev–Trinajstić information content (AvgIpc) is 2.73. The van der Waals surface area contributed by atoms with E-state index in [1.165, 1.54) is 12.1 Å². The van der Waals surface area contributed by atoms with E-state index in [0.29, 0.717) is 0 Å². The molecule has 1 aliphatic heterocycles. The third kappa shape index (κ3) is 3.78. The van der Waals surface area contributed by atoms with E-state index >= 15 is 0 Å². The molecule has 1 unspecified atom stereocenters.